The van der Waals surface area contributed by atoms with Crippen LogP contribution in [0.2, 0.25) is 5.02 Å². The predicted octanol–water partition coefficient (Wildman–Crippen LogP) is 5.35. The molecule has 0 aliphatic carbocycles. The molecule has 3 heterocycles. The molecular weight excluding hydrogens is 464 g/mol. The average molecular weight is 475 g/mol. The van der Waals surface area contributed by atoms with Gasteiger partial charge in [-0.1, -0.05) is 23.7 Å². The summed E-state index contributed by atoms with van der Waals surface area (Å²) >= 11 is 5.71. The molecule has 0 unspecified atom stereocenters. The number of halogens is 5. The van der Waals surface area contributed by atoms with Crippen LogP contribution in [-0.4, -0.2) is 29.9 Å². The summed E-state index contributed by atoms with van der Waals surface area (Å²) in [6, 6.07) is 9.40. The van der Waals surface area contributed by atoms with Crippen LogP contribution in [0.15, 0.2) is 59.3 Å². The van der Waals surface area contributed by atoms with Gasteiger partial charge in [-0.05, 0) is 30.3 Å². The Balaban J connectivity index is 1.43. The van der Waals surface area contributed by atoms with E-state index < -0.39 is 17.6 Å². The van der Waals surface area contributed by atoms with E-state index >= 15 is 0 Å². The fourth-order valence-electron chi connectivity index (χ4n) is 3.21. The minimum Gasteiger partial charge on any atom is -0.419 e. The summed E-state index contributed by atoms with van der Waals surface area (Å²) in [5.74, 6) is -0.512. The molecule has 0 bridgehead atoms. The minimum absolute atomic E-state index is 0.0266. The molecule has 0 N–H and O–H groups in total. The zero-order valence-electron chi connectivity index (χ0n) is 16.4. The Labute approximate surface area is 188 Å². The molecule has 0 atom stereocenters. The van der Waals surface area contributed by atoms with Crippen LogP contribution in [-0.2, 0) is 12.7 Å². The van der Waals surface area contributed by atoms with Crippen molar-refractivity contribution < 1.29 is 22.0 Å². The van der Waals surface area contributed by atoms with Crippen LogP contribution in [0.3, 0.4) is 0 Å². The third-order valence-electron chi connectivity index (χ3n) is 4.71. The van der Waals surface area contributed by atoms with E-state index in [1.54, 1.807) is 24.4 Å². The second kappa shape index (κ2) is 7.93. The van der Waals surface area contributed by atoms with Crippen LogP contribution < -0.4 is 0 Å². The van der Waals surface area contributed by atoms with Crippen molar-refractivity contribution in [2.75, 3.05) is 0 Å². The number of hydrogen-bond acceptors (Lipinski definition) is 6. The number of benzene rings is 2. The molecule has 3 aromatic rings. The fourth-order valence-corrected chi connectivity index (χ4v) is 3.39. The normalized spacial score (nSPS) is 11.9. The summed E-state index contributed by atoms with van der Waals surface area (Å²) in [6.07, 6.45) is -1.67. The molecule has 0 fully saturated rings. The van der Waals surface area contributed by atoms with Gasteiger partial charge in [0.1, 0.15) is 23.7 Å². The molecule has 0 saturated heterocycles. The predicted molar refractivity (Wildman–Crippen MR) is 109 cm³/mol. The second-order valence-corrected chi connectivity index (χ2v) is 7.39. The monoisotopic (exact) mass is 474 g/mol. The summed E-state index contributed by atoms with van der Waals surface area (Å²) < 4.78 is 61.0. The highest BCUT2D eigenvalue weighted by Crippen LogP contribution is 2.38. The maximum absolute atomic E-state index is 14.0. The number of hydrogen-bond donors (Lipinski definition) is 0. The first-order valence-corrected chi connectivity index (χ1v) is 9.80. The first-order chi connectivity index (χ1) is 15.8. The molecule has 1 aromatic heterocycles. The van der Waals surface area contributed by atoms with Gasteiger partial charge in [-0.3, -0.25) is 4.68 Å². The Bertz CT molecular complexity index is 1430. The zero-order valence-corrected chi connectivity index (χ0v) is 17.1. The van der Waals surface area contributed by atoms with Crippen molar-refractivity contribution >= 4 is 11.6 Å². The Morgan fingerprint density at radius 3 is 2.55 bits per heavy atom. The van der Waals surface area contributed by atoms with Crippen molar-refractivity contribution in [3.8, 4) is 34.2 Å². The van der Waals surface area contributed by atoms with Gasteiger partial charge >= 0.3 is 6.18 Å². The Hall–Kier alpha value is -3.86. The highest BCUT2D eigenvalue weighted by Gasteiger charge is 2.35. The van der Waals surface area contributed by atoms with Crippen molar-refractivity contribution in [1.29, 1.82) is 0 Å². The molecule has 2 aromatic carbocycles. The topological polar surface area (TPSA) is 82.5 Å². The van der Waals surface area contributed by atoms with E-state index in [1.165, 1.54) is 29.1 Å². The third kappa shape index (κ3) is 4.14. The van der Waals surface area contributed by atoms with Gasteiger partial charge in [0.05, 0.1) is 29.1 Å². The van der Waals surface area contributed by atoms with Crippen LogP contribution in [0.25, 0.3) is 34.2 Å². The van der Waals surface area contributed by atoms with Gasteiger partial charge in [-0.25, -0.2) is 14.4 Å². The van der Waals surface area contributed by atoms with Gasteiger partial charge < -0.3 is 4.42 Å². The lowest BCUT2D eigenvalue weighted by molar-refractivity contribution is -0.137. The van der Waals surface area contributed by atoms with Gasteiger partial charge in [-0.15, -0.1) is 10.2 Å². The van der Waals surface area contributed by atoms with Crippen molar-refractivity contribution in [3.63, 3.8) is 0 Å². The van der Waals surface area contributed by atoms with E-state index in [4.69, 9.17) is 16.0 Å². The van der Waals surface area contributed by atoms with Gasteiger partial charge in [0, 0.05) is 5.02 Å². The number of rotatable bonds is 4. The van der Waals surface area contributed by atoms with Crippen molar-refractivity contribution in [3.05, 3.63) is 77.2 Å². The lowest BCUT2D eigenvalue weighted by atomic mass is 10.1. The maximum atomic E-state index is 14.0. The van der Waals surface area contributed by atoms with Crippen molar-refractivity contribution in [1.82, 2.24) is 29.9 Å². The fraction of sp³-hybridized carbons (Fsp3) is 0.0952. The smallest absolute Gasteiger partial charge is 0.417 e. The molecule has 2 aliphatic heterocycles. The van der Waals surface area contributed by atoms with E-state index in [1.807, 2.05) is 0 Å². The van der Waals surface area contributed by atoms with Crippen molar-refractivity contribution in [2.45, 2.75) is 12.7 Å². The maximum Gasteiger partial charge on any atom is 0.417 e. The minimum atomic E-state index is -4.65. The Morgan fingerprint density at radius 1 is 0.970 bits per heavy atom. The highest BCUT2D eigenvalue weighted by atomic mass is 35.5. The number of fused-ring (bicyclic) bond motifs is 1. The number of alkyl halides is 3. The summed E-state index contributed by atoms with van der Waals surface area (Å²) in [5.41, 5.74) is -0.113. The Morgan fingerprint density at radius 2 is 1.76 bits per heavy atom. The molecular formula is C21H11ClF4N6O. The highest BCUT2D eigenvalue weighted by molar-refractivity contribution is 6.30. The molecule has 0 amide bonds. The van der Waals surface area contributed by atoms with Crippen molar-refractivity contribution in [2.24, 2.45) is 0 Å². The summed E-state index contributed by atoms with van der Waals surface area (Å²) in [5, 5.41) is 11.7. The summed E-state index contributed by atoms with van der Waals surface area (Å²) in [6.45, 7) is -0.0280. The molecule has 0 spiro atoms. The zero-order chi connectivity index (χ0) is 23.2. The average Bonchev–Trinajstić information content (AvgIpc) is 3.40. The number of nitrogens with zero attached hydrogens (tertiary/aromatic N) is 6. The SMILES string of the molecule is Fc1ccccc1-c1nc2cnn(Cc3nnc(-c4ccc(Cl)cc4C(F)(F)F)o3)cc-2n1. The lowest BCUT2D eigenvalue weighted by Crippen LogP contribution is -2.07. The van der Waals surface area contributed by atoms with E-state index in [-0.39, 0.29) is 40.3 Å². The molecule has 5 rings (SSSR count). The lowest BCUT2D eigenvalue weighted by Gasteiger charge is -2.10. The summed E-state index contributed by atoms with van der Waals surface area (Å²) in [7, 11) is 0. The van der Waals surface area contributed by atoms with Gasteiger partial charge in [-0.2, -0.15) is 18.3 Å². The van der Waals surface area contributed by atoms with Crippen LogP contribution in [0.1, 0.15) is 11.5 Å². The molecule has 0 radical (unpaired) electrons. The largest absolute Gasteiger partial charge is 0.419 e. The van der Waals surface area contributed by atoms with Gasteiger partial charge in [0.2, 0.25) is 11.8 Å². The van der Waals surface area contributed by atoms with E-state index in [0.717, 1.165) is 6.07 Å². The molecule has 0 saturated carbocycles. The molecule has 7 nitrogen and oxygen atoms in total. The second-order valence-electron chi connectivity index (χ2n) is 6.96. The quantitative estimate of drug-likeness (QED) is 0.326. The number of imidazole rings is 1. The van der Waals surface area contributed by atoms with Gasteiger partial charge in [0.15, 0.2) is 5.82 Å². The van der Waals surface area contributed by atoms with Gasteiger partial charge in [0.25, 0.3) is 0 Å². The summed E-state index contributed by atoms with van der Waals surface area (Å²) in [4.78, 5) is 8.61. The first-order valence-electron chi connectivity index (χ1n) is 9.42. The third-order valence-corrected chi connectivity index (χ3v) is 4.95. The standard InChI is InChI=1S/C21H11ClF4N6O/c22-11-5-6-12(14(7-11)21(24,25)26)20-31-30-18(33-20)10-32-9-17-16(8-27-32)28-19(29-17)13-3-1-2-4-15(13)23/h1-9H,10H2. The van der Waals surface area contributed by atoms with Crippen LogP contribution in [0.4, 0.5) is 17.6 Å². The Kier molecular flexibility index (Phi) is 5.05. The molecule has 12 heteroatoms. The van der Waals surface area contributed by atoms with E-state index in [9.17, 15) is 17.6 Å². The number of aromatic nitrogens is 6. The first kappa shape index (κ1) is 21.0. The molecule has 33 heavy (non-hydrogen) atoms. The van der Waals surface area contributed by atoms with Crippen LogP contribution in [0, 0.1) is 5.82 Å². The molecule has 2 aliphatic rings. The van der Waals surface area contributed by atoms with E-state index in [0.29, 0.717) is 11.4 Å². The van der Waals surface area contributed by atoms with Crippen LogP contribution >= 0.6 is 11.6 Å². The molecule has 166 valence electrons. The van der Waals surface area contributed by atoms with E-state index in [2.05, 4.69) is 25.3 Å². The van der Waals surface area contributed by atoms with Crippen LogP contribution in [0.5, 0.6) is 0 Å².